The minimum absolute atomic E-state index is 0.0218. The molecule has 136 valence electrons. The first-order valence-electron chi connectivity index (χ1n) is 8.35. The van der Waals surface area contributed by atoms with Gasteiger partial charge in [-0.15, -0.1) is 0 Å². The predicted octanol–water partition coefficient (Wildman–Crippen LogP) is 3.42. The number of carbonyl (C=O) groups is 1. The molecule has 1 amide bonds. The number of alkyl carbamates (subject to hydrolysis) is 1. The van der Waals surface area contributed by atoms with Crippen molar-refractivity contribution in [2.45, 2.75) is 50.9 Å². The van der Waals surface area contributed by atoms with Crippen LogP contribution < -0.4 is 5.32 Å². The lowest BCUT2D eigenvalue weighted by Gasteiger charge is -2.36. The number of benzene rings is 1. The monoisotopic (exact) mass is 366 g/mol. The molecule has 7 heteroatoms. The van der Waals surface area contributed by atoms with Crippen molar-refractivity contribution in [3.8, 4) is 0 Å². The highest BCUT2D eigenvalue weighted by Crippen LogP contribution is 2.51. The molecule has 1 fully saturated rings. The van der Waals surface area contributed by atoms with Crippen molar-refractivity contribution in [1.29, 1.82) is 0 Å². The van der Waals surface area contributed by atoms with Gasteiger partial charge in [0.15, 0.2) is 5.17 Å². The molecule has 1 aromatic carbocycles. The Balaban J connectivity index is 1.92. The zero-order valence-corrected chi connectivity index (χ0v) is 15.4. The molecule has 0 saturated heterocycles. The van der Waals surface area contributed by atoms with Gasteiger partial charge in [0.2, 0.25) is 0 Å². The second-order valence-corrected chi connectivity index (χ2v) is 8.56. The third kappa shape index (κ3) is 3.82. The fourth-order valence-electron chi connectivity index (χ4n) is 3.53. The van der Waals surface area contributed by atoms with Crippen molar-refractivity contribution in [2.24, 2.45) is 10.9 Å². The van der Waals surface area contributed by atoms with Crippen LogP contribution in [0.4, 0.5) is 9.18 Å². The lowest BCUT2D eigenvalue weighted by atomic mass is 9.81. The van der Waals surface area contributed by atoms with Crippen molar-refractivity contribution in [3.05, 3.63) is 35.6 Å². The molecular weight excluding hydrogens is 343 g/mol. The van der Waals surface area contributed by atoms with Crippen LogP contribution >= 0.6 is 11.8 Å². The van der Waals surface area contributed by atoms with Gasteiger partial charge in [0.05, 0.1) is 11.6 Å². The number of nitrogens with zero attached hydrogens (tertiary/aromatic N) is 1. The number of thioether (sulfide) groups is 1. The zero-order valence-electron chi connectivity index (χ0n) is 14.6. The number of halogens is 1. The van der Waals surface area contributed by atoms with E-state index in [1.807, 2.05) is 0 Å². The minimum atomic E-state index is -0.847. The lowest BCUT2D eigenvalue weighted by Crippen LogP contribution is -2.42. The summed E-state index contributed by atoms with van der Waals surface area (Å²) in [7, 11) is 0. The van der Waals surface area contributed by atoms with Crippen molar-refractivity contribution in [1.82, 2.24) is 5.32 Å². The van der Waals surface area contributed by atoms with Gasteiger partial charge in [-0.05, 0) is 33.3 Å². The van der Waals surface area contributed by atoms with E-state index in [0.717, 1.165) is 0 Å². The zero-order chi connectivity index (χ0) is 18.2. The van der Waals surface area contributed by atoms with E-state index in [0.29, 0.717) is 29.3 Å². The van der Waals surface area contributed by atoms with Gasteiger partial charge in [-0.3, -0.25) is 10.3 Å². The highest BCUT2D eigenvalue weighted by molar-refractivity contribution is 8.13. The van der Waals surface area contributed by atoms with Crippen LogP contribution in [0.2, 0.25) is 0 Å². The summed E-state index contributed by atoms with van der Waals surface area (Å²) in [6.07, 6.45) is -0.197. The number of amides is 1. The first-order valence-corrected chi connectivity index (χ1v) is 9.34. The molecule has 1 aliphatic heterocycles. The van der Waals surface area contributed by atoms with Gasteiger partial charge in [-0.2, -0.15) is 0 Å². The number of amidine groups is 1. The van der Waals surface area contributed by atoms with Crippen LogP contribution in [0.3, 0.4) is 0 Å². The van der Waals surface area contributed by atoms with Gasteiger partial charge in [-0.1, -0.05) is 30.0 Å². The van der Waals surface area contributed by atoms with E-state index in [1.54, 1.807) is 39.0 Å². The molecule has 25 heavy (non-hydrogen) atoms. The molecule has 3 rings (SSSR count). The smallest absolute Gasteiger partial charge is 0.413 e. The topological polar surface area (TPSA) is 70.9 Å². The minimum Gasteiger partial charge on any atom is -0.444 e. The summed E-state index contributed by atoms with van der Waals surface area (Å²) in [5.41, 5.74) is -0.986. The van der Waals surface area contributed by atoms with Crippen molar-refractivity contribution in [2.75, 3.05) is 5.75 Å². The third-order valence-electron chi connectivity index (χ3n) is 4.45. The SMILES string of the molecule is CC(C)(C)OC(=O)NC1=N[C@@]2(c3ccccc3F)C[C@H](O)C[C@H]2CS1. The molecule has 1 aliphatic carbocycles. The Morgan fingerprint density at radius 3 is 2.84 bits per heavy atom. The summed E-state index contributed by atoms with van der Waals surface area (Å²) in [6, 6.07) is 6.53. The van der Waals surface area contributed by atoms with Crippen LogP contribution in [0.1, 0.15) is 39.2 Å². The second-order valence-electron chi connectivity index (χ2n) is 7.55. The number of aliphatic imine (C=N–C) groups is 1. The lowest BCUT2D eigenvalue weighted by molar-refractivity contribution is 0.0564. The molecule has 1 aromatic rings. The molecule has 2 N–H and O–H groups in total. The van der Waals surface area contributed by atoms with Crippen LogP contribution in [0, 0.1) is 11.7 Å². The van der Waals surface area contributed by atoms with E-state index in [2.05, 4.69) is 5.32 Å². The number of carbonyl (C=O) groups excluding carboxylic acids is 1. The molecule has 0 bridgehead atoms. The Bertz CT molecular complexity index is 704. The fraction of sp³-hybridized carbons (Fsp3) is 0.556. The molecule has 0 unspecified atom stereocenters. The van der Waals surface area contributed by atoms with Gasteiger partial charge in [0.1, 0.15) is 11.4 Å². The maximum atomic E-state index is 14.5. The Kier molecular flexibility index (Phi) is 4.81. The number of nitrogens with one attached hydrogen (secondary N) is 1. The molecule has 1 heterocycles. The Morgan fingerprint density at radius 2 is 2.16 bits per heavy atom. The first kappa shape index (κ1) is 18.2. The van der Waals surface area contributed by atoms with E-state index in [4.69, 9.17) is 9.73 Å². The van der Waals surface area contributed by atoms with Crippen LogP contribution in [0.15, 0.2) is 29.3 Å². The number of rotatable bonds is 1. The van der Waals surface area contributed by atoms with Crippen LogP contribution in [0.5, 0.6) is 0 Å². The van der Waals surface area contributed by atoms with Crippen LogP contribution in [-0.2, 0) is 10.3 Å². The first-order chi connectivity index (χ1) is 11.7. The summed E-state index contributed by atoms with van der Waals surface area (Å²) in [6.45, 7) is 5.35. The molecule has 0 aromatic heterocycles. The van der Waals surface area contributed by atoms with Crippen molar-refractivity contribution >= 4 is 23.0 Å². The Hall–Kier alpha value is -1.60. The number of aliphatic hydroxyl groups is 1. The Morgan fingerprint density at radius 1 is 1.44 bits per heavy atom. The average Bonchev–Trinajstić information content (AvgIpc) is 2.81. The number of fused-ring (bicyclic) bond motifs is 1. The quantitative estimate of drug-likeness (QED) is 0.799. The van der Waals surface area contributed by atoms with Crippen LogP contribution in [0.25, 0.3) is 0 Å². The molecule has 3 atom stereocenters. The summed E-state index contributed by atoms with van der Waals surface area (Å²) in [5.74, 6) is 0.336. The standard InChI is InChI=1S/C18H23FN2O3S/c1-17(2,3)24-16(23)20-15-21-18(13-6-4-5-7-14(13)19)9-12(22)8-11(18)10-25-15/h4-7,11-12,22H,8-10H2,1-3H3,(H,20,21,23)/t11-,12+,18-/m0/s1. The number of hydrogen-bond acceptors (Lipinski definition) is 5. The van der Waals surface area contributed by atoms with Gasteiger partial charge in [-0.25, -0.2) is 9.18 Å². The number of ether oxygens (including phenoxy) is 1. The summed E-state index contributed by atoms with van der Waals surface area (Å²) >= 11 is 1.40. The maximum Gasteiger partial charge on any atom is 0.413 e. The van der Waals surface area contributed by atoms with Gasteiger partial charge < -0.3 is 9.84 Å². The van der Waals surface area contributed by atoms with Crippen molar-refractivity contribution < 1.29 is 19.0 Å². The predicted molar refractivity (Wildman–Crippen MR) is 96.1 cm³/mol. The molecule has 2 aliphatic rings. The van der Waals surface area contributed by atoms with E-state index >= 15 is 0 Å². The third-order valence-corrected chi connectivity index (χ3v) is 5.49. The van der Waals surface area contributed by atoms with E-state index in [9.17, 15) is 14.3 Å². The van der Waals surface area contributed by atoms with E-state index < -0.39 is 23.3 Å². The molecule has 0 spiro atoms. The largest absolute Gasteiger partial charge is 0.444 e. The van der Waals surface area contributed by atoms with E-state index in [1.165, 1.54) is 17.8 Å². The molecule has 0 radical (unpaired) electrons. The summed E-state index contributed by atoms with van der Waals surface area (Å²) in [4.78, 5) is 16.7. The van der Waals surface area contributed by atoms with Gasteiger partial charge in [0, 0.05) is 23.7 Å². The Labute approximate surface area is 151 Å². The maximum absolute atomic E-state index is 14.5. The normalized spacial score (nSPS) is 28.9. The highest BCUT2D eigenvalue weighted by Gasteiger charge is 2.51. The van der Waals surface area contributed by atoms with Gasteiger partial charge in [0.25, 0.3) is 0 Å². The van der Waals surface area contributed by atoms with Gasteiger partial charge >= 0.3 is 6.09 Å². The molecular formula is C18H23FN2O3S. The number of hydrogen-bond donors (Lipinski definition) is 2. The highest BCUT2D eigenvalue weighted by atomic mass is 32.2. The summed E-state index contributed by atoms with van der Waals surface area (Å²) in [5, 5.41) is 13.3. The van der Waals surface area contributed by atoms with E-state index in [-0.39, 0.29) is 11.7 Å². The second kappa shape index (κ2) is 6.61. The summed E-state index contributed by atoms with van der Waals surface area (Å²) < 4.78 is 19.7. The fourth-order valence-corrected chi connectivity index (χ4v) is 4.68. The number of aliphatic hydroxyl groups excluding tert-OH is 1. The van der Waals surface area contributed by atoms with Crippen LogP contribution in [-0.4, -0.2) is 33.8 Å². The van der Waals surface area contributed by atoms with Crippen molar-refractivity contribution in [3.63, 3.8) is 0 Å². The molecule has 5 nitrogen and oxygen atoms in total. The average molecular weight is 366 g/mol. The molecule has 1 saturated carbocycles.